The molecule has 5 heteroatoms. The second-order valence-electron chi connectivity index (χ2n) is 7.51. The summed E-state index contributed by atoms with van der Waals surface area (Å²) < 4.78 is 68.3. The van der Waals surface area contributed by atoms with Crippen molar-refractivity contribution in [2.75, 3.05) is 0 Å². The van der Waals surface area contributed by atoms with E-state index in [0.717, 1.165) is 24.3 Å². The highest BCUT2D eigenvalue weighted by Gasteiger charge is 2.22. The van der Waals surface area contributed by atoms with E-state index in [1.807, 2.05) is 0 Å². The summed E-state index contributed by atoms with van der Waals surface area (Å²) in [4.78, 5) is 0. The van der Waals surface area contributed by atoms with E-state index in [-0.39, 0.29) is 5.56 Å². The van der Waals surface area contributed by atoms with Crippen molar-refractivity contribution in [1.29, 1.82) is 0 Å². The summed E-state index contributed by atoms with van der Waals surface area (Å²) in [5, 5.41) is 0. The Kier molecular flexibility index (Phi) is 6.53. The van der Waals surface area contributed by atoms with Gasteiger partial charge < -0.3 is 0 Å². The van der Waals surface area contributed by atoms with Crippen molar-refractivity contribution in [3.63, 3.8) is 0 Å². The molecule has 1 fully saturated rings. The Morgan fingerprint density at radius 3 is 1.89 bits per heavy atom. The highest BCUT2D eigenvalue weighted by Crippen LogP contribution is 2.38. The lowest BCUT2D eigenvalue weighted by Crippen LogP contribution is -2.13. The quantitative estimate of drug-likeness (QED) is 0.274. The number of hydrogen-bond donors (Lipinski definition) is 0. The van der Waals surface area contributed by atoms with Gasteiger partial charge in [0.15, 0.2) is 29.1 Å². The zero-order valence-electron chi connectivity index (χ0n) is 15.8. The molecule has 0 saturated heterocycles. The van der Waals surface area contributed by atoms with E-state index in [1.165, 1.54) is 37.8 Å². The maximum Gasteiger partial charge on any atom is 0.194 e. The van der Waals surface area contributed by atoms with Gasteiger partial charge in [-0.05, 0) is 55.2 Å². The van der Waals surface area contributed by atoms with E-state index < -0.39 is 34.7 Å². The summed E-state index contributed by atoms with van der Waals surface area (Å²) in [5.74, 6) is -6.30. The first-order valence-electron chi connectivity index (χ1n) is 9.71. The molecule has 2 aromatic carbocycles. The summed E-state index contributed by atoms with van der Waals surface area (Å²) in [6, 6.07) is 7.38. The van der Waals surface area contributed by atoms with E-state index in [0.29, 0.717) is 18.1 Å². The van der Waals surface area contributed by atoms with Gasteiger partial charge in [0.2, 0.25) is 0 Å². The minimum atomic E-state index is -1.71. The van der Waals surface area contributed by atoms with Gasteiger partial charge >= 0.3 is 0 Å². The average Bonchev–Trinajstić information content (AvgIpc) is 2.71. The fraction of sp³-hybridized carbons (Fsp3) is 0.391. The first-order chi connectivity index (χ1) is 13.4. The van der Waals surface area contributed by atoms with Crippen molar-refractivity contribution in [3.05, 3.63) is 70.5 Å². The minimum absolute atomic E-state index is 0.0222. The standard InChI is InChI=1S/C23H23F5/c1-2-3-14-4-6-15(7-5-14)16-8-10-17(11-9-16)21(26)22(27)18-12-19(24)23(28)20(25)13-18/h8-15H,2-7H2,1H3/b22-21+. The summed E-state index contributed by atoms with van der Waals surface area (Å²) >= 11 is 0. The van der Waals surface area contributed by atoms with Crippen LogP contribution in [0.2, 0.25) is 0 Å². The fourth-order valence-corrected chi connectivity index (χ4v) is 4.03. The molecule has 2 aromatic rings. The van der Waals surface area contributed by atoms with Crippen LogP contribution < -0.4 is 0 Å². The fourth-order valence-electron chi connectivity index (χ4n) is 4.03. The highest BCUT2D eigenvalue weighted by atomic mass is 19.2. The third-order valence-corrected chi connectivity index (χ3v) is 5.61. The van der Waals surface area contributed by atoms with Gasteiger partial charge in [-0.1, -0.05) is 44.0 Å². The molecule has 0 N–H and O–H groups in total. The Hall–Kier alpha value is -2.17. The lowest BCUT2D eigenvalue weighted by molar-refractivity contribution is 0.308. The first kappa shape index (κ1) is 20.6. The predicted octanol–water partition coefficient (Wildman–Crippen LogP) is 7.94. The smallest absolute Gasteiger partial charge is 0.194 e. The van der Waals surface area contributed by atoms with Crippen molar-refractivity contribution in [1.82, 2.24) is 0 Å². The topological polar surface area (TPSA) is 0 Å². The lowest BCUT2D eigenvalue weighted by Gasteiger charge is -2.28. The Morgan fingerprint density at radius 1 is 0.821 bits per heavy atom. The summed E-state index contributed by atoms with van der Waals surface area (Å²) in [7, 11) is 0. The van der Waals surface area contributed by atoms with Gasteiger partial charge in [0.05, 0.1) is 0 Å². The van der Waals surface area contributed by atoms with Crippen molar-refractivity contribution in [3.8, 4) is 0 Å². The SMILES string of the molecule is CCCC1CCC(c2ccc(/C(F)=C(\F)c3cc(F)c(F)c(F)c3)cc2)CC1. The van der Waals surface area contributed by atoms with Crippen LogP contribution in [0.15, 0.2) is 36.4 Å². The van der Waals surface area contributed by atoms with Gasteiger partial charge in [-0.25, -0.2) is 22.0 Å². The van der Waals surface area contributed by atoms with Crippen LogP contribution in [-0.2, 0) is 0 Å². The van der Waals surface area contributed by atoms with Crippen LogP contribution in [-0.4, -0.2) is 0 Å². The highest BCUT2D eigenvalue weighted by molar-refractivity contribution is 5.83. The Balaban J connectivity index is 1.76. The van der Waals surface area contributed by atoms with E-state index in [9.17, 15) is 22.0 Å². The number of hydrogen-bond acceptors (Lipinski definition) is 0. The van der Waals surface area contributed by atoms with Crippen molar-refractivity contribution >= 4 is 11.7 Å². The Labute approximate surface area is 162 Å². The molecule has 1 aliphatic carbocycles. The molecule has 0 nitrogen and oxygen atoms in total. The zero-order valence-corrected chi connectivity index (χ0v) is 15.8. The third kappa shape index (κ3) is 4.45. The Bertz CT molecular complexity index is 823. The molecule has 0 bridgehead atoms. The van der Waals surface area contributed by atoms with Crippen LogP contribution in [0, 0.1) is 23.4 Å². The molecular weight excluding hydrogens is 371 g/mol. The van der Waals surface area contributed by atoms with Crippen molar-refractivity contribution in [2.45, 2.75) is 51.4 Å². The molecule has 0 unspecified atom stereocenters. The maximum absolute atomic E-state index is 14.5. The molecule has 0 heterocycles. The Morgan fingerprint density at radius 2 is 1.36 bits per heavy atom. The second-order valence-corrected chi connectivity index (χ2v) is 7.51. The maximum atomic E-state index is 14.5. The van der Waals surface area contributed by atoms with Gasteiger partial charge in [0.25, 0.3) is 0 Å². The van der Waals surface area contributed by atoms with E-state index in [1.54, 1.807) is 12.1 Å². The van der Waals surface area contributed by atoms with Crippen LogP contribution in [0.4, 0.5) is 22.0 Å². The van der Waals surface area contributed by atoms with Crippen molar-refractivity contribution in [2.24, 2.45) is 5.92 Å². The van der Waals surface area contributed by atoms with Gasteiger partial charge in [0.1, 0.15) is 0 Å². The average molecular weight is 394 g/mol. The summed E-state index contributed by atoms with van der Waals surface area (Å²) in [6.07, 6.45) is 7.00. The number of benzene rings is 2. The van der Waals surface area contributed by atoms with Gasteiger partial charge in [0, 0.05) is 11.1 Å². The van der Waals surface area contributed by atoms with Crippen LogP contribution in [0.3, 0.4) is 0 Å². The molecule has 0 atom stereocenters. The lowest BCUT2D eigenvalue weighted by atomic mass is 9.77. The molecular formula is C23H23F5. The number of halogens is 5. The molecule has 150 valence electrons. The third-order valence-electron chi connectivity index (χ3n) is 5.61. The summed E-state index contributed by atoms with van der Waals surface area (Å²) in [5.41, 5.74) is 0.393. The molecule has 0 amide bonds. The van der Waals surface area contributed by atoms with Gasteiger partial charge in [-0.2, -0.15) is 0 Å². The molecule has 0 radical (unpaired) electrons. The number of rotatable bonds is 5. The van der Waals surface area contributed by atoms with Crippen LogP contribution >= 0.6 is 0 Å². The molecule has 0 aliphatic heterocycles. The molecule has 1 aliphatic rings. The minimum Gasteiger partial charge on any atom is -0.204 e. The molecule has 1 saturated carbocycles. The molecule has 0 spiro atoms. The largest absolute Gasteiger partial charge is 0.204 e. The zero-order chi connectivity index (χ0) is 20.3. The monoisotopic (exact) mass is 394 g/mol. The normalized spacial score (nSPS) is 20.8. The van der Waals surface area contributed by atoms with Crippen molar-refractivity contribution < 1.29 is 22.0 Å². The van der Waals surface area contributed by atoms with E-state index in [4.69, 9.17) is 0 Å². The van der Waals surface area contributed by atoms with E-state index in [2.05, 4.69) is 6.92 Å². The van der Waals surface area contributed by atoms with Crippen LogP contribution in [0.25, 0.3) is 11.7 Å². The molecule has 3 rings (SSSR count). The van der Waals surface area contributed by atoms with E-state index >= 15 is 0 Å². The van der Waals surface area contributed by atoms with Crippen LogP contribution in [0.1, 0.15) is 68.1 Å². The molecule has 28 heavy (non-hydrogen) atoms. The summed E-state index contributed by atoms with van der Waals surface area (Å²) in [6.45, 7) is 2.20. The predicted molar refractivity (Wildman–Crippen MR) is 101 cm³/mol. The molecule has 0 aromatic heterocycles. The second kappa shape index (κ2) is 8.89. The van der Waals surface area contributed by atoms with Gasteiger partial charge in [-0.3, -0.25) is 0 Å². The first-order valence-corrected chi connectivity index (χ1v) is 9.71. The van der Waals surface area contributed by atoms with Gasteiger partial charge in [-0.15, -0.1) is 0 Å². The van der Waals surface area contributed by atoms with Crippen LogP contribution in [0.5, 0.6) is 0 Å².